The molecule has 0 unspecified atom stereocenters. The summed E-state index contributed by atoms with van der Waals surface area (Å²) in [4.78, 5) is 15.5. The van der Waals surface area contributed by atoms with Gasteiger partial charge in [-0.3, -0.25) is 9.78 Å². The first-order chi connectivity index (χ1) is 11.3. The highest BCUT2D eigenvalue weighted by atomic mass is 19.3. The van der Waals surface area contributed by atoms with Crippen molar-refractivity contribution in [3.8, 4) is 5.75 Å². The molecule has 0 aliphatic rings. The van der Waals surface area contributed by atoms with Crippen LogP contribution < -0.4 is 15.4 Å². The Morgan fingerprint density at radius 1 is 1.29 bits per heavy atom. The number of hydrogen-bond acceptors (Lipinski definition) is 4. The van der Waals surface area contributed by atoms with Crippen LogP contribution in [-0.4, -0.2) is 25.0 Å². The molecule has 0 saturated carbocycles. The van der Waals surface area contributed by atoms with Crippen LogP contribution in [-0.2, 0) is 12.5 Å². The third-order valence-corrected chi connectivity index (χ3v) is 3.48. The van der Waals surface area contributed by atoms with E-state index in [1.54, 1.807) is 25.2 Å². The van der Waals surface area contributed by atoms with E-state index in [0.29, 0.717) is 29.1 Å². The molecule has 0 aliphatic carbocycles. The van der Waals surface area contributed by atoms with E-state index in [0.717, 1.165) is 13.1 Å². The molecule has 0 bridgehead atoms. The minimum Gasteiger partial charge on any atom is -0.495 e. The number of anilines is 1. The van der Waals surface area contributed by atoms with Crippen molar-refractivity contribution < 1.29 is 18.3 Å². The molecule has 24 heavy (non-hydrogen) atoms. The highest BCUT2D eigenvalue weighted by Crippen LogP contribution is 2.28. The Bertz CT molecular complexity index is 730. The van der Waals surface area contributed by atoms with Gasteiger partial charge in [-0.2, -0.15) is 0 Å². The van der Waals surface area contributed by atoms with Crippen LogP contribution in [0.1, 0.15) is 28.4 Å². The fourth-order valence-electron chi connectivity index (χ4n) is 2.14. The second-order valence-corrected chi connectivity index (χ2v) is 5.32. The SMILES string of the molecule is CNC(=O)c1ccc(NCc2cncc(C(C)(F)F)c2)c(OC)c1. The molecule has 0 fully saturated rings. The van der Waals surface area contributed by atoms with Crippen molar-refractivity contribution in [3.05, 3.63) is 53.3 Å². The second-order valence-electron chi connectivity index (χ2n) is 5.32. The van der Waals surface area contributed by atoms with E-state index in [9.17, 15) is 13.6 Å². The van der Waals surface area contributed by atoms with Crippen LogP contribution in [0.2, 0.25) is 0 Å². The number of hydrogen-bond donors (Lipinski definition) is 2. The van der Waals surface area contributed by atoms with Gasteiger partial charge in [0.25, 0.3) is 11.8 Å². The lowest BCUT2D eigenvalue weighted by Crippen LogP contribution is -2.17. The number of carbonyl (C=O) groups is 1. The highest BCUT2D eigenvalue weighted by molar-refractivity contribution is 5.95. The maximum atomic E-state index is 13.4. The highest BCUT2D eigenvalue weighted by Gasteiger charge is 2.24. The van der Waals surface area contributed by atoms with Gasteiger partial charge in [-0.1, -0.05) is 0 Å². The Labute approximate surface area is 139 Å². The van der Waals surface area contributed by atoms with Crippen LogP contribution in [0, 0.1) is 0 Å². The molecular formula is C17H19F2N3O2. The number of nitrogens with zero attached hydrogens (tertiary/aromatic N) is 1. The third-order valence-electron chi connectivity index (χ3n) is 3.48. The molecule has 7 heteroatoms. The molecule has 0 radical (unpaired) electrons. The summed E-state index contributed by atoms with van der Waals surface area (Å²) in [5.74, 6) is -2.67. The van der Waals surface area contributed by atoms with E-state index in [1.807, 2.05) is 0 Å². The Kier molecular flexibility index (Phi) is 5.33. The van der Waals surface area contributed by atoms with E-state index in [1.165, 1.54) is 19.4 Å². The zero-order valence-electron chi connectivity index (χ0n) is 13.7. The molecule has 2 N–H and O–H groups in total. The molecule has 0 atom stereocenters. The topological polar surface area (TPSA) is 63.2 Å². The van der Waals surface area contributed by atoms with Gasteiger partial charge in [0.05, 0.1) is 12.8 Å². The first-order valence-corrected chi connectivity index (χ1v) is 7.31. The minimum absolute atomic E-state index is 0.135. The summed E-state index contributed by atoms with van der Waals surface area (Å²) in [7, 11) is 3.04. The molecule has 2 rings (SSSR count). The van der Waals surface area contributed by atoms with Crippen molar-refractivity contribution in [1.29, 1.82) is 0 Å². The fourth-order valence-corrected chi connectivity index (χ4v) is 2.14. The largest absolute Gasteiger partial charge is 0.495 e. The number of aromatic nitrogens is 1. The predicted molar refractivity (Wildman–Crippen MR) is 87.5 cm³/mol. The van der Waals surface area contributed by atoms with Crippen molar-refractivity contribution >= 4 is 11.6 Å². The lowest BCUT2D eigenvalue weighted by atomic mass is 10.1. The van der Waals surface area contributed by atoms with E-state index in [-0.39, 0.29) is 11.5 Å². The lowest BCUT2D eigenvalue weighted by Gasteiger charge is -2.14. The first-order valence-electron chi connectivity index (χ1n) is 7.31. The number of alkyl halides is 2. The second kappa shape index (κ2) is 7.25. The van der Waals surface area contributed by atoms with Crippen LogP contribution in [0.25, 0.3) is 0 Å². The predicted octanol–water partition coefficient (Wildman–Crippen LogP) is 3.17. The van der Waals surface area contributed by atoms with E-state index in [4.69, 9.17) is 4.74 Å². The van der Waals surface area contributed by atoms with Gasteiger partial charge >= 0.3 is 0 Å². The Hall–Kier alpha value is -2.70. The third kappa shape index (κ3) is 4.18. The van der Waals surface area contributed by atoms with Gasteiger partial charge < -0.3 is 15.4 Å². The summed E-state index contributed by atoms with van der Waals surface area (Å²) >= 11 is 0. The number of halogens is 2. The van der Waals surface area contributed by atoms with Crippen molar-refractivity contribution in [2.24, 2.45) is 0 Å². The normalized spacial score (nSPS) is 11.0. The number of methoxy groups -OCH3 is 1. The van der Waals surface area contributed by atoms with Crippen LogP contribution in [0.5, 0.6) is 5.75 Å². The van der Waals surface area contributed by atoms with Crippen LogP contribution >= 0.6 is 0 Å². The van der Waals surface area contributed by atoms with E-state index in [2.05, 4.69) is 15.6 Å². The Balaban J connectivity index is 2.16. The van der Waals surface area contributed by atoms with Gasteiger partial charge in [-0.05, 0) is 29.8 Å². The molecule has 128 valence electrons. The summed E-state index contributed by atoms with van der Waals surface area (Å²) in [6.45, 7) is 1.13. The quantitative estimate of drug-likeness (QED) is 0.851. The molecular weight excluding hydrogens is 316 g/mol. The lowest BCUT2D eigenvalue weighted by molar-refractivity contribution is 0.0170. The summed E-state index contributed by atoms with van der Waals surface area (Å²) < 4.78 is 32.0. The number of nitrogens with one attached hydrogen (secondary N) is 2. The molecule has 1 amide bonds. The molecule has 1 aromatic carbocycles. The maximum Gasteiger partial charge on any atom is 0.272 e. The van der Waals surface area contributed by atoms with E-state index < -0.39 is 5.92 Å². The molecule has 0 saturated heterocycles. The number of pyridine rings is 1. The van der Waals surface area contributed by atoms with Crippen molar-refractivity contribution in [2.75, 3.05) is 19.5 Å². The van der Waals surface area contributed by atoms with Gasteiger partial charge in [0.2, 0.25) is 0 Å². The number of benzene rings is 1. The number of carbonyl (C=O) groups excluding carboxylic acids is 1. The number of ether oxygens (including phenoxy) is 1. The molecule has 0 spiro atoms. The fraction of sp³-hybridized carbons (Fsp3) is 0.294. The van der Waals surface area contributed by atoms with Crippen LogP contribution in [0.3, 0.4) is 0 Å². The Morgan fingerprint density at radius 2 is 2.04 bits per heavy atom. The monoisotopic (exact) mass is 335 g/mol. The van der Waals surface area contributed by atoms with Crippen LogP contribution in [0.15, 0.2) is 36.7 Å². The summed E-state index contributed by atoms with van der Waals surface area (Å²) in [5.41, 5.74) is 1.60. The van der Waals surface area contributed by atoms with Crippen LogP contribution in [0.4, 0.5) is 14.5 Å². The maximum absolute atomic E-state index is 13.4. The van der Waals surface area contributed by atoms with Gasteiger partial charge in [0, 0.05) is 44.0 Å². The summed E-state index contributed by atoms with van der Waals surface area (Å²) in [6, 6.07) is 6.37. The average molecular weight is 335 g/mol. The van der Waals surface area contributed by atoms with Crippen molar-refractivity contribution in [1.82, 2.24) is 10.3 Å². The van der Waals surface area contributed by atoms with Gasteiger partial charge in [0.15, 0.2) is 0 Å². The van der Waals surface area contributed by atoms with Gasteiger partial charge in [-0.15, -0.1) is 0 Å². The number of amides is 1. The number of rotatable bonds is 6. The van der Waals surface area contributed by atoms with E-state index >= 15 is 0 Å². The molecule has 1 heterocycles. The molecule has 0 aliphatic heterocycles. The Morgan fingerprint density at radius 3 is 2.67 bits per heavy atom. The van der Waals surface area contributed by atoms with Gasteiger partial charge in [-0.25, -0.2) is 8.78 Å². The molecule has 1 aromatic heterocycles. The summed E-state index contributed by atoms with van der Waals surface area (Å²) in [5, 5.41) is 5.64. The van der Waals surface area contributed by atoms with Crippen molar-refractivity contribution in [2.45, 2.75) is 19.4 Å². The van der Waals surface area contributed by atoms with Gasteiger partial charge in [0.1, 0.15) is 5.75 Å². The first kappa shape index (κ1) is 17.7. The van der Waals surface area contributed by atoms with Crippen molar-refractivity contribution in [3.63, 3.8) is 0 Å². The molecule has 2 aromatic rings. The summed E-state index contributed by atoms with van der Waals surface area (Å²) in [6.07, 6.45) is 2.68. The minimum atomic E-state index is -2.93. The zero-order valence-corrected chi connectivity index (χ0v) is 13.7. The zero-order chi connectivity index (χ0) is 17.7. The smallest absolute Gasteiger partial charge is 0.272 e. The standard InChI is InChI=1S/C17H19F2N3O2/c1-17(18,19)13-6-11(8-21-10-13)9-22-14-5-4-12(16(23)20-2)7-15(14)24-3/h4-8,10,22H,9H2,1-3H3,(H,20,23). The average Bonchev–Trinajstić information content (AvgIpc) is 2.58. The molecule has 5 nitrogen and oxygen atoms in total.